The molecule has 3 N–H and O–H groups in total. The van der Waals surface area contributed by atoms with Crippen molar-refractivity contribution in [3.05, 3.63) is 71.4 Å². The molecule has 0 atom stereocenters. The summed E-state index contributed by atoms with van der Waals surface area (Å²) in [4.78, 5) is 12.1. The van der Waals surface area contributed by atoms with Crippen molar-refractivity contribution < 1.29 is 9.21 Å². The SMILES string of the molecule is Nc1ccc(NC(=O)c2ccc(-c3cccc(Cl)c3)o2)cc1. The summed E-state index contributed by atoms with van der Waals surface area (Å²) in [5.74, 6) is 0.495. The zero-order valence-corrected chi connectivity index (χ0v) is 12.3. The van der Waals surface area contributed by atoms with E-state index in [1.165, 1.54) is 0 Å². The molecule has 1 amide bonds. The summed E-state index contributed by atoms with van der Waals surface area (Å²) in [6, 6.07) is 17.5. The van der Waals surface area contributed by atoms with Crippen LogP contribution in [0.25, 0.3) is 11.3 Å². The summed E-state index contributed by atoms with van der Waals surface area (Å²) in [5, 5.41) is 3.36. The monoisotopic (exact) mass is 312 g/mol. The van der Waals surface area contributed by atoms with Crippen LogP contribution in [-0.2, 0) is 0 Å². The molecule has 1 aromatic heterocycles. The molecule has 0 bridgehead atoms. The molecule has 2 aromatic carbocycles. The Hall–Kier alpha value is -2.72. The molecule has 5 heteroatoms. The molecule has 0 spiro atoms. The first-order chi connectivity index (χ1) is 10.6. The first-order valence-electron chi connectivity index (χ1n) is 6.64. The topological polar surface area (TPSA) is 68.3 Å². The second-order valence-electron chi connectivity index (χ2n) is 4.75. The number of carbonyl (C=O) groups excluding carboxylic acids is 1. The second-order valence-corrected chi connectivity index (χ2v) is 5.19. The number of nitrogens with one attached hydrogen (secondary N) is 1. The van der Waals surface area contributed by atoms with Crippen molar-refractivity contribution in [1.82, 2.24) is 0 Å². The minimum absolute atomic E-state index is 0.229. The molecular formula is C17H13ClN2O2. The minimum atomic E-state index is -0.321. The quantitative estimate of drug-likeness (QED) is 0.703. The molecule has 110 valence electrons. The Morgan fingerprint density at radius 3 is 2.55 bits per heavy atom. The van der Waals surface area contributed by atoms with Crippen LogP contribution in [0.2, 0.25) is 5.02 Å². The summed E-state index contributed by atoms with van der Waals surface area (Å²) in [6.07, 6.45) is 0. The van der Waals surface area contributed by atoms with Gasteiger partial charge in [0.2, 0.25) is 0 Å². The van der Waals surface area contributed by atoms with Crippen LogP contribution in [0.1, 0.15) is 10.6 Å². The lowest BCUT2D eigenvalue weighted by atomic mass is 10.2. The highest BCUT2D eigenvalue weighted by Crippen LogP contribution is 2.25. The summed E-state index contributed by atoms with van der Waals surface area (Å²) < 4.78 is 5.59. The average molecular weight is 313 g/mol. The Labute approximate surface area is 132 Å². The van der Waals surface area contributed by atoms with Crippen molar-refractivity contribution in [2.24, 2.45) is 0 Å². The highest BCUT2D eigenvalue weighted by molar-refractivity contribution is 6.30. The summed E-state index contributed by atoms with van der Waals surface area (Å²) in [6.45, 7) is 0. The number of nitrogen functional groups attached to an aromatic ring is 1. The molecule has 4 nitrogen and oxygen atoms in total. The number of hydrogen-bond acceptors (Lipinski definition) is 3. The highest BCUT2D eigenvalue weighted by atomic mass is 35.5. The van der Waals surface area contributed by atoms with Crippen LogP contribution >= 0.6 is 11.6 Å². The lowest BCUT2D eigenvalue weighted by molar-refractivity contribution is 0.0997. The number of carbonyl (C=O) groups is 1. The van der Waals surface area contributed by atoms with Gasteiger partial charge in [0.1, 0.15) is 5.76 Å². The third kappa shape index (κ3) is 3.13. The third-order valence-corrected chi connectivity index (χ3v) is 3.34. The Morgan fingerprint density at radius 2 is 1.82 bits per heavy atom. The molecule has 0 saturated heterocycles. The average Bonchev–Trinajstić information content (AvgIpc) is 3.00. The second kappa shape index (κ2) is 5.95. The van der Waals surface area contributed by atoms with E-state index in [1.54, 1.807) is 48.5 Å². The summed E-state index contributed by atoms with van der Waals surface area (Å²) in [5.41, 5.74) is 7.72. The van der Waals surface area contributed by atoms with Crippen molar-refractivity contribution >= 4 is 28.9 Å². The van der Waals surface area contributed by atoms with Crippen LogP contribution in [0.5, 0.6) is 0 Å². The maximum absolute atomic E-state index is 12.1. The number of halogens is 1. The van der Waals surface area contributed by atoms with Crippen molar-refractivity contribution in [3.63, 3.8) is 0 Å². The highest BCUT2D eigenvalue weighted by Gasteiger charge is 2.12. The van der Waals surface area contributed by atoms with E-state index in [1.807, 2.05) is 12.1 Å². The molecule has 3 aromatic rings. The molecule has 0 aliphatic carbocycles. The van der Waals surface area contributed by atoms with Crippen LogP contribution in [0.15, 0.2) is 65.1 Å². The number of anilines is 2. The number of rotatable bonds is 3. The molecule has 0 radical (unpaired) electrons. The standard InChI is InChI=1S/C17H13ClN2O2/c18-12-3-1-2-11(10-12)15-8-9-16(22-15)17(21)20-14-6-4-13(19)5-7-14/h1-10H,19H2,(H,20,21). The van der Waals surface area contributed by atoms with Gasteiger partial charge in [-0.2, -0.15) is 0 Å². The lowest BCUT2D eigenvalue weighted by Gasteiger charge is -2.03. The van der Waals surface area contributed by atoms with Gasteiger partial charge in [0.05, 0.1) is 0 Å². The molecule has 0 fully saturated rings. The summed E-state index contributed by atoms with van der Waals surface area (Å²) in [7, 11) is 0. The van der Waals surface area contributed by atoms with Crippen LogP contribution in [-0.4, -0.2) is 5.91 Å². The molecule has 0 aliphatic heterocycles. The number of nitrogens with two attached hydrogens (primary N) is 1. The van der Waals surface area contributed by atoms with E-state index < -0.39 is 0 Å². The Bertz CT molecular complexity index is 810. The van der Waals surface area contributed by atoms with Gasteiger partial charge < -0.3 is 15.5 Å². The van der Waals surface area contributed by atoms with E-state index in [0.717, 1.165) is 5.56 Å². The Kier molecular flexibility index (Phi) is 3.85. The molecule has 0 unspecified atom stereocenters. The molecule has 0 aliphatic rings. The predicted octanol–water partition coefficient (Wildman–Crippen LogP) is 4.43. The smallest absolute Gasteiger partial charge is 0.291 e. The van der Waals surface area contributed by atoms with Gasteiger partial charge >= 0.3 is 0 Å². The van der Waals surface area contributed by atoms with Gasteiger partial charge in [-0.05, 0) is 48.5 Å². The number of furan rings is 1. The van der Waals surface area contributed by atoms with E-state index in [2.05, 4.69) is 5.32 Å². The first-order valence-corrected chi connectivity index (χ1v) is 7.02. The normalized spacial score (nSPS) is 10.4. The van der Waals surface area contributed by atoms with Gasteiger partial charge in [-0.3, -0.25) is 4.79 Å². The fourth-order valence-corrected chi connectivity index (χ4v) is 2.21. The van der Waals surface area contributed by atoms with E-state index in [4.69, 9.17) is 21.8 Å². The fraction of sp³-hybridized carbons (Fsp3) is 0. The van der Waals surface area contributed by atoms with Crippen molar-refractivity contribution in [2.75, 3.05) is 11.1 Å². The van der Waals surface area contributed by atoms with E-state index >= 15 is 0 Å². The molecule has 0 saturated carbocycles. The van der Waals surface area contributed by atoms with E-state index in [0.29, 0.717) is 22.2 Å². The maximum Gasteiger partial charge on any atom is 0.291 e. The van der Waals surface area contributed by atoms with Crippen molar-refractivity contribution in [1.29, 1.82) is 0 Å². The summed E-state index contributed by atoms with van der Waals surface area (Å²) >= 11 is 5.95. The van der Waals surface area contributed by atoms with Gasteiger partial charge in [0, 0.05) is 22.0 Å². The zero-order valence-electron chi connectivity index (χ0n) is 11.5. The fourth-order valence-electron chi connectivity index (χ4n) is 2.02. The largest absolute Gasteiger partial charge is 0.451 e. The van der Waals surface area contributed by atoms with Crippen LogP contribution in [0.4, 0.5) is 11.4 Å². The van der Waals surface area contributed by atoms with Crippen LogP contribution in [0, 0.1) is 0 Å². The Morgan fingerprint density at radius 1 is 1.05 bits per heavy atom. The van der Waals surface area contributed by atoms with E-state index in [-0.39, 0.29) is 11.7 Å². The first kappa shape index (κ1) is 14.2. The van der Waals surface area contributed by atoms with E-state index in [9.17, 15) is 4.79 Å². The maximum atomic E-state index is 12.1. The molecule has 1 heterocycles. The molecule has 3 rings (SSSR count). The Balaban J connectivity index is 1.78. The van der Waals surface area contributed by atoms with Gasteiger partial charge in [-0.25, -0.2) is 0 Å². The van der Waals surface area contributed by atoms with Crippen molar-refractivity contribution in [3.8, 4) is 11.3 Å². The predicted molar refractivity (Wildman–Crippen MR) is 88.0 cm³/mol. The zero-order chi connectivity index (χ0) is 15.5. The number of amides is 1. The number of benzene rings is 2. The number of hydrogen-bond donors (Lipinski definition) is 2. The van der Waals surface area contributed by atoms with Crippen LogP contribution < -0.4 is 11.1 Å². The van der Waals surface area contributed by atoms with Gasteiger partial charge in [0.25, 0.3) is 5.91 Å². The third-order valence-electron chi connectivity index (χ3n) is 3.11. The van der Waals surface area contributed by atoms with Gasteiger partial charge in [-0.1, -0.05) is 23.7 Å². The minimum Gasteiger partial charge on any atom is -0.451 e. The van der Waals surface area contributed by atoms with Crippen LogP contribution in [0.3, 0.4) is 0 Å². The van der Waals surface area contributed by atoms with Crippen molar-refractivity contribution in [2.45, 2.75) is 0 Å². The molecular weight excluding hydrogens is 300 g/mol. The molecule has 22 heavy (non-hydrogen) atoms. The van der Waals surface area contributed by atoms with Gasteiger partial charge in [-0.15, -0.1) is 0 Å². The van der Waals surface area contributed by atoms with Gasteiger partial charge in [0.15, 0.2) is 5.76 Å². The lowest BCUT2D eigenvalue weighted by Crippen LogP contribution is -2.10.